The number of fused-ring (bicyclic) bond motifs is 1. The van der Waals surface area contributed by atoms with Gasteiger partial charge in [-0.05, 0) is 66.6 Å². The van der Waals surface area contributed by atoms with Crippen molar-refractivity contribution in [2.45, 2.75) is 43.0 Å². The Bertz CT molecular complexity index is 1040. The average Bonchev–Trinajstić information content (AvgIpc) is 3.06. The van der Waals surface area contributed by atoms with E-state index >= 15 is 0 Å². The standard InChI is InChI=1S/C21H23ClN2O5S.Na/c22-17-5-7-19(8-6-17)30(28,29)24-18-12-15-4-3-14(10-16(15)13-18)11-20(25)23-9-1-2-21(26)27;/h3-8,10,18,24H,1-2,9,11-13H2,(H,23,25)(H,26,27);/q;+1/p-1. The molecule has 1 aliphatic rings. The summed E-state index contributed by atoms with van der Waals surface area (Å²) in [5.41, 5.74) is 2.89. The van der Waals surface area contributed by atoms with Gasteiger partial charge in [0.05, 0.1) is 11.3 Å². The average molecular weight is 473 g/mol. The number of halogens is 1. The third kappa shape index (κ3) is 7.59. The van der Waals surface area contributed by atoms with E-state index in [0.29, 0.717) is 24.3 Å². The van der Waals surface area contributed by atoms with Gasteiger partial charge < -0.3 is 15.2 Å². The fourth-order valence-electron chi connectivity index (χ4n) is 3.47. The van der Waals surface area contributed by atoms with Crippen LogP contribution in [0.2, 0.25) is 5.02 Å². The topological polar surface area (TPSA) is 115 Å². The first-order valence-corrected chi connectivity index (χ1v) is 11.4. The van der Waals surface area contributed by atoms with Crippen LogP contribution >= 0.6 is 11.6 Å². The molecule has 0 radical (unpaired) electrons. The summed E-state index contributed by atoms with van der Waals surface area (Å²) in [5.74, 6) is -1.32. The number of hydrogen-bond acceptors (Lipinski definition) is 5. The van der Waals surface area contributed by atoms with Gasteiger partial charge in [-0.2, -0.15) is 0 Å². The molecular formula is C21H22ClN2NaO5S. The first-order chi connectivity index (χ1) is 14.2. The van der Waals surface area contributed by atoms with Crippen molar-refractivity contribution in [1.82, 2.24) is 10.0 Å². The predicted molar refractivity (Wildman–Crippen MR) is 110 cm³/mol. The van der Waals surface area contributed by atoms with Crippen molar-refractivity contribution in [3.63, 3.8) is 0 Å². The molecule has 0 fully saturated rings. The Labute approximate surface area is 208 Å². The molecule has 0 spiro atoms. The van der Waals surface area contributed by atoms with E-state index in [0.717, 1.165) is 16.7 Å². The Morgan fingerprint density at radius 1 is 1.06 bits per heavy atom. The van der Waals surface area contributed by atoms with Crippen LogP contribution in [0.1, 0.15) is 29.5 Å². The van der Waals surface area contributed by atoms with Crippen LogP contribution in [0, 0.1) is 0 Å². The van der Waals surface area contributed by atoms with Crippen molar-refractivity contribution in [3.8, 4) is 0 Å². The molecule has 160 valence electrons. The molecule has 0 heterocycles. The van der Waals surface area contributed by atoms with Gasteiger partial charge in [0.1, 0.15) is 0 Å². The molecule has 0 bridgehead atoms. The van der Waals surface area contributed by atoms with Gasteiger partial charge in [0.25, 0.3) is 0 Å². The first-order valence-electron chi connectivity index (χ1n) is 9.58. The molecule has 0 aliphatic heterocycles. The van der Waals surface area contributed by atoms with Crippen LogP contribution in [0.25, 0.3) is 0 Å². The zero-order chi connectivity index (χ0) is 21.7. The minimum Gasteiger partial charge on any atom is -0.550 e. The third-order valence-electron chi connectivity index (χ3n) is 4.89. The number of carbonyl (C=O) groups excluding carboxylic acids is 2. The van der Waals surface area contributed by atoms with E-state index in [1.54, 1.807) is 0 Å². The second-order valence-electron chi connectivity index (χ2n) is 7.29. The number of amides is 1. The quantitative estimate of drug-likeness (QED) is 0.323. The number of aliphatic carboxylic acids is 1. The van der Waals surface area contributed by atoms with Gasteiger partial charge in [-0.3, -0.25) is 4.79 Å². The van der Waals surface area contributed by atoms with Crippen LogP contribution in [-0.2, 0) is 38.9 Å². The number of carboxylic acid groups (broad SMARTS) is 1. The SMILES string of the molecule is O=C([O-])CCCNC(=O)Cc1ccc2c(c1)CC(NS(=O)(=O)c1ccc(Cl)cc1)C2.[Na+]. The minimum atomic E-state index is -3.65. The van der Waals surface area contributed by atoms with Crippen molar-refractivity contribution in [2.75, 3.05) is 6.54 Å². The summed E-state index contributed by atoms with van der Waals surface area (Å²) in [5, 5.41) is 13.5. The summed E-state index contributed by atoms with van der Waals surface area (Å²) in [7, 11) is -3.65. The minimum absolute atomic E-state index is 0. The molecule has 1 unspecified atom stereocenters. The van der Waals surface area contributed by atoms with Crippen molar-refractivity contribution in [3.05, 3.63) is 64.2 Å². The van der Waals surface area contributed by atoms with E-state index < -0.39 is 16.0 Å². The molecule has 1 aliphatic carbocycles. The molecule has 7 nitrogen and oxygen atoms in total. The smallest absolute Gasteiger partial charge is 0.550 e. The van der Waals surface area contributed by atoms with Crippen LogP contribution in [-0.4, -0.2) is 32.9 Å². The number of nitrogens with one attached hydrogen (secondary N) is 2. The van der Waals surface area contributed by atoms with E-state index in [1.807, 2.05) is 18.2 Å². The fraction of sp³-hybridized carbons (Fsp3) is 0.333. The monoisotopic (exact) mass is 472 g/mol. The number of benzene rings is 2. The molecular weight excluding hydrogens is 451 g/mol. The fourth-order valence-corrected chi connectivity index (χ4v) is 4.84. The Morgan fingerprint density at radius 3 is 2.42 bits per heavy atom. The predicted octanol–water partition coefficient (Wildman–Crippen LogP) is -2.02. The molecule has 2 aromatic carbocycles. The van der Waals surface area contributed by atoms with Gasteiger partial charge >= 0.3 is 29.6 Å². The second kappa shape index (κ2) is 11.4. The molecule has 0 aromatic heterocycles. The summed E-state index contributed by atoms with van der Waals surface area (Å²) in [6.07, 6.45) is 1.54. The molecule has 0 saturated heterocycles. The third-order valence-corrected chi connectivity index (χ3v) is 6.68. The van der Waals surface area contributed by atoms with Crippen LogP contribution in [0.15, 0.2) is 47.4 Å². The Hall–Kier alpha value is -1.42. The summed E-state index contributed by atoms with van der Waals surface area (Å²) >= 11 is 5.82. The summed E-state index contributed by atoms with van der Waals surface area (Å²) < 4.78 is 27.9. The molecule has 1 atom stereocenters. The van der Waals surface area contributed by atoms with Crippen molar-refractivity contribution in [1.29, 1.82) is 0 Å². The number of hydrogen-bond donors (Lipinski definition) is 2. The number of carbonyl (C=O) groups is 2. The van der Waals surface area contributed by atoms with Gasteiger partial charge in [-0.25, -0.2) is 13.1 Å². The molecule has 2 aromatic rings. The van der Waals surface area contributed by atoms with Crippen molar-refractivity contribution in [2.24, 2.45) is 0 Å². The second-order valence-corrected chi connectivity index (χ2v) is 9.44. The molecule has 1 amide bonds. The van der Waals surface area contributed by atoms with Crippen LogP contribution in [0.5, 0.6) is 0 Å². The van der Waals surface area contributed by atoms with Crippen LogP contribution < -0.4 is 44.7 Å². The van der Waals surface area contributed by atoms with Crippen molar-refractivity contribution >= 4 is 33.5 Å². The maximum Gasteiger partial charge on any atom is 1.00 e. The summed E-state index contributed by atoms with van der Waals surface area (Å²) in [6.45, 7) is 0.284. The van der Waals surface area contributed by atoms with Crippen LogP contribution in [0.3, 0.4) is 0 Å². The number of carboxylic acids is 1. The Morgan fingerprint density at radius 2 is 1.74 bits per heavy atom. The van der Waals surface area contributed by atoms with Crippen LogP contribution in [0.4, 0.5) is 0 Å². The Balaban J connectivity index is 0.00000341. The number of sulfonamides is 1. The van der Waals surface area contributed by atoms with E-state index in [2.05, 4.69) is 10.0 Å². The van der Waals surface area contributed by atoms with Crippen molar-refractivity contribution < 1.29 is 52.7 Å². The van der Waals surface area contributed by atoms with Gasteiger partial charge in [0.15, 0.2) is 0 Å². The molecule has 31 heavy (non-hydrogen) atoms. The van der Waals surface area contributed by atoms with Gasteiger partial charge in [-0.15, -0.1) is 0 Å². The molecule has 3 rings (SSSR count). The largest absolute Gasteiger partial charge is 1.00 e. The van der Waals surface area contributed by atoms with E-state index in [9.17, 15) is 23.1 Å². The summed E-state index contributed by atoms with van der Waals surface area (Å²) in [4.78, 5) is 22.6. The Kier molecular flexibility index (Phi) is 9.54. The van der Waals surface area contributed by atoms with Gasteiger partial charge in [-0.1, -0.05) is 29.8 Å². The maximum absolute atomic E-state index is 12.6. The van der Waals surface area contributed by atoms with Gasteiger partial charge in [0.2, 0.25) is 15.9 Å². The zero-order valence-corrected chi connectivity index (χ0v) is 20.8. The molecule has 2 N–H and O–H groups in total. The molecule has 0 saturated carbocycles. The number of rotatable bonds is 9. The normalized spacial score (nSPS) is 15.1. The van der Waals surface area contributed by atoms with E-state index in [1.165, 1.54) is 24.3 Å². The van der Waals surface area contributed by atoms with E-state index in [-0.39, 0.29) is 65.8 Å². The maximum atomic E-state index is 12.6. The summed E-state index contributed by atoms with van der Waals surface area (Å²) in [6, 6.07) is 11.5. The van der Waals surface area contributed by atoms with E-state index in [4.69, 9.17) is 11.6 Å². The first kappa shape index (κ1) is 25.8. The zero-order valence-electron chi connectivity index (χ0n) is 17.2. The molecule has 10 heteroatoms. The van der Waals surface area contributed by atoms with Gasteiger partial charge in [0, 0.05) is 23.6 Å².